The van der Waals surface area contributed by atoms with E-state index in [4.69, 9.17) is 0 Å². The summed E-state index contributed by atoms with van der Waals surface area (Å²) in [5.74, 6) is 0.555. The number of benzene rings is 1. The Morgan fingerprint density at radius 1 is 1.33 bits per heavy atom. The van der Waals surface area contributed by atoms with E-state index >= 15 is 0 Å². The van der Waals surface area contributed by atoms with E-state index in [1.54, 1.807) is 0 Å². The van der Waals surface area contributed by atoms with Gasteiger partial charge in [0.05, 0.1) is 0 Å². The zero-order valence-corrected chi connectivity index (χ0v) is 10.0. The van der Waals surface area contributed by atoms with Crippen LogP contribution in [0.15, 0.2) is 30.5 Å². The van der Waals surface area contributed by atoms with Crippen molar-refractivity contribution in [2.45, 2.75) is 33.1 Å². The van der Waals surface area contributed by atoms with E-state index in [1.165, 1.54) is 16.8 Å². The summed E-state index contributed by atoms with van der Waals surface area (Å²) in [4.78, 5) is 0. The van der Waals surface area contributed by atoms with E-state index in [0.29, 0.717) is 5.92 Å². The Balaban J connectivity index is 2.68. The fourth-order valence-electron chi connectivity index (χ4n) is 2.54. The predicted octanol–water partition coefficient (Wildman–Crippen LogP) is 3.85. The topological polar surface area (TPSA) is 12.0 Å². The first kappa shape index (κ1) is 10.3. The molecule has 1 unspecified atom stereocenters. The molecule has 1 aliphatic heterocycles. The van der Waals surface area contributed by atoms with Crippen molar-refractivity contribution in [1.29, 1.82) is 0 Å². The smallest absolute Gasteiger partial charge is 0.0426 e. The van der Waals surface area contributed by atoms with Crippen LogP contribution in [0.1, 0.15) is 31.9 Å². The average molecular weight is 201 g/mol. The molecule has 0 saturated heterocycles. The number of aryl methyl sites for hydroxylation is 1. The molecule has 1 aliphatic rings. The monoisotopic (exact) mass is 201 g/mol. The number of fused-ring (bicyclic) bond motifs is 1. The van der Waals surface area contributed by atoms with E-state index in [0.717, 1.165) is 5.70 Å². The van der Waals surface area contributed by atoms with Crippen LogP contribution in [-0.2, 0) is 5.41 Å². The Bertz CT molecular complexity index is 417. The second-order valence-electron chi connectivity index (χ2n) is 4.96. The fraction of sp³-hybridized carbons (Fsp3) is 0.429. The molecule has 2 rings (SSSR count). The van der Waals surface area contributed by atoms with Crippen molar-refractivity contribution in [3.63, 3.8) is 0 Å². The molecular weight excluding hydrogens is 182 g/mol. The van der Waals surface area contributed by atoms with E-state index in [2.05, 4.69) is 57.8 Å². The summed E-state index contributed by atoms with van der Waals surface area (Å²) in [6, 6.07) is 6.42. The maximum absolute atomic E-state index is 4.17. The minimum atomic E-state index is 0.0701. The molecule has 1 nitrogen and oxygen atoms in total. The van der Waals surface area contributed by atoms with Gasteiger partial charge in [0, 0.05) is 16.8 Å². The highest BCUT2D eigenvalue weighted by molar-refractivity contribution is 5.70. The van der Waals surface area contributed by atoms with Gasteiger partial charge >= 0.3 is 0 Å². The zero-order chi connectivity index (χ0) is 11.2. The van der Waals surface area contributed by atoms with Gasteiger partial charge in [-0.2, -0.15) is 0 Å². The first-order chi connectivity index (χ1) is 6.98. The SMILES string of the molecule is C=C1Nc2cccc(C)c2C1(C)C(C)C. The third-order valence-corrected chi connectivity index (χ3v) is 3.86. The highest BCUT2D eigenvalue weighted by atomic mass is 15.0. The predicted molar refractivity (Wildman–Crippen MR) is 66.1 cm³/mol. The molecule has 1 aromatic carbocycles. The molecule has 1 N–H and O–H groups in total. The minimum Gasteiger partial charge on any atom is -0.358 e. The van der Waals surface area contributed by atoms with Crippen molar-refractivity contribution < 1.29 is 0 Å². The van der Waals surface area contributed by atoms with Crippen molar-refractivity contribution >= 4 is 5.69 Å². The van der Waals surface area contributed by atoms with E-state index < -0.39 is 0 Å². The van der Waals surface area contributed by atoms with Gasteiger partial charge in [-0.15, -0.1) is 0 Å². The number of hydrogen-bond acceptors (Lipinski definition) is 1. The molecule has 0 saturated carbocycles. The first-order valence-corrected chi connectivity index (χ1v) is 5.54. The summed E-state index contributed by atoms with van der Waals surface area (Å²) in [7, 11) is 0. The van der Waals surface area contributed by atoms with Crippen molar-refractivity contribution in [3.8, 4) is 0 Å². The molecule has 0 amide bonds. The standard InChI is InChI=1S/C14H19N/c1-9(2)14(5)11(4)15-12-8-6-7-10(3)13(12)14/h6-9,15H,4H2,1-3,5H3. The number of hydrogen-bond donors (Lipinski definition) is 1. The van der Waals surface area contributed by atoms with Crippen LogP contribution in [0.4, 0.5) is 5.69 Å². The highest BCUT2D eigenvalue weighted by Crippen LogP contribution is 2.48. The molecule has 1 heterocycles. The highest BCUT2D eigenvalue weighted by Gasteiger charge is 2.41. The summed E-state index contributed by atoms with van der Waals surface area (Å²) in [6.45, 7) is 13.2. The van der Waals surface area contributed by atoms with Crippen LogP contribution in [0.3, 0.4) is 0 Å². The molecular formula is C14H19N. The summed E-state index contributed by atoms with van der Waals surface area (Å²) in [5.41, 5.74) is 5.21. The van der Waals surface area contributed by atoms with Gasteiger partial charge in [-0.1, -0.05) is 32.6 Å². The van der Waals surface area contributed by atoms with Gasteiger partial charge in [0.1, 0.15) is 0 Å². The molecule has 80 valence electrons. The Morgan fingerprint density at radius 2 is 2.00 bits per heavy atom. The molecule has 0 bridgehead atoms. The fourth-order valence-corrected chi connectivity index (χ4v) is 2.54. The number of anilines is 1. The van der Waals surface area contributed by atoms with Crippen molar-refractivity contribution in [1.82, 2.24) is 0 Å². The van der Waals surface area contributed by atoms with Crippen LogP contribution in [0.5, 0.6) is 0 Å². The molecule has 1 heteroatoms. The first-order valence-electron chi connectivity index (χ1n) is 5.54. The summed E-state index contributed by atoms with van der Waals surface area (Å²) >= 11 is 0. The summed E-state index contributed by atoms with van der Waals surface area (Å²) < 4.78 is 0. The lowest BCUT2D eigenvalue weighted by Gasteiger charge is -2.31. The summed E-state index contributed by atoms with van der Waals surface area (Å²) in [6.07, 6.45) is 0. The van der Waals surface area contributed by atoms with Gasteiger partial charge in [-0.3, -0.25) is 0 Å². The Morgan fingerprint density at radius 3 is 2.60 bits per heavy atom. The van der Waals surface area contributed by atoms with Crippen LogP contribution in [0.25, 0.3) is 0 Å². The Labute approximate surface area is 92.2 Å². The lowest BCUT2D eigenvalue weighted by atomic mass is 9.72. The Hall–Kier alpha value is -1.24. The molecule has 0 radical (unpaired) electrons. The molecule has 0 fully saturated rings. The number of nitrogens with one attached hydrogen (secondary N) is 1. The van der Waals surface area contributed by atoms with Gasteiger partial charge in [0.15, 0.2) is 0 Å². The van der Waals surface area contributed by atoms with Crippen molar-refractivity contribution in [2.75, 3.05) is 5.32 Å². The lowest BCUT2D eigenvalue weighted by molar-refractivity contribution is 0.410. The molecule has 15 heavy (non-hydrogen) atoms. The largest absolute Gasteiger partial charge is 0.358 e. The number of allylic oxidation sites excluding steroid dienone is 1. The van der Waals surface area contributed by atoms with E-state index in [-0.39, 0.29) is 5.41 Å². The van der Waals surface area contributed by atoms with Gasteiger partial charge in [-0.25, -0.2) is 0 Å². The van der Waals surface area contributed by atoms with Crippen LogP contribution in [0.2, 0.25) is 0 Å². The average Bonchev–Trinajstić information content (AvgIpc) is 2.41. The molecule has 0 spiro atoms. The second kappa shape index (κ2) is 3.13. The third-order valence-electron chi connectivity index (χ3n) is 3.86. The Kier molecular flexibility index (Phi) is 2.14. The van der Waals surface area contributed by atoms with Crippen LogP contribution < -0.4 is 5.32 Å². The van der Waals surface area contributed by atoms with Gasteiger partial charge < -0.3 is 5.32 Å². The minimum absolute atomic E-state index is 0.0701. The quantitative estimate of drug-likeness (QED) is 0.727. The van der Waals surface area contributed by atoms with Gasteiger partial charge in [0.2, 0.25) is 0 Å². The number of rotatable bonds is 1. The van der Waals surface area contributed by atoms with Crippen molar-refractivity contribution in [3.05, 3.63) is 41.6 Å². The molecule has 1 aromatic rings. The lowest BCUT2D eigenvalue weighted by Crippen LogP contribution is -2.29. The molecule has 0 aromatic heterocycles. The summed E-state index contributed by atoms with van der Waals surface area (Å²) in [5, 5.41) is 3.42. The van der Waals surface area contributed by atoms with Crippen LogP contribution >= 0.6 is 0 Å². The van der Waals surface area contributed by atoms with Crippen LogP contribution in [-0.4, -0.2) is 0 Å². The van der Waals surface area contributed by atoms with E-state index in [9.17, 15) is 0 Å². The van der Waals surface area contributed by atoms with Gasteiger partial charge in [0.25, 0.3) is 0 Å². The van der Waals surface area contributed by atoms with Crippen LogP contribution in [0, 0.1) is 12.8 Å². The maximum Gasteiger partial charge on any atom is 0.0426 e. The third kappa shape index (κ3) is 1.22. The zero-order valence-electron chi connectivity index (χ0n) is 10.0. The van der Waals surface area contributed by atoms with E-state index in [1.807, 2.05) is 0 Å². The molecule has 0 aliphatic carbocycles. The maximum atomic E-state index is 4.17. The molecule has 1 atom stereocenters. The van der Waals surface area contributed by atoms with Crippen molar-refractivity contribution in [2.24, 2.45) is 5.92 Å². The van der Waals surface area contributed by atoms with Gasteiger partial charge in [-0.05, 0) is 37.0 Å². The second-order valence-corrected chi connectivity index (χ2v) is 4.96. The normalized spacial score (nSPS) is 24.2.